The van der Waals surface area contributed by atoms with Gasteiger partial charge in [-0.25, -0.2) is 9.78 Å². The summed E-state index contributed by atoms with van der Waals surface area (Å²) in [6.45, 7) is 2.00. The lowest BCUT2D eigenvalue weighted by atomic mass is 10.5. The van der Waals surface area contributed by atoms with Crippen LogP contribution in [0.25, 0.3) is 0 Å². The molecule has 1 rings (SSSR count). The van der Waals surface area contributed by atoms with E-state index >= 15 is 0 Å². The first kappa shape index (κ1) is 11.9. The molecule has 0 unspecified atom stereocenters. The van der Waals surface area contributed by atoms with Crippen molar-refractivity contribution in [2.24, 2.45) is 0 Å². The van der Waals surface area contributed by atoms with Gasteiger partial charge in [-0.05, 0) is 6.92 Å². The van der Waals surface area contributed by atoms with E-state index in [0.717, 1.165) is 11.3 Å². The van der Waals surface area contributed by atoms with Gasteiger partial charge >= 0.3 is 5.97 Å². The molecule has 0 aliphatic heterocycles. The van der Waals surface area contributed by atoms with Crippen LogP contribution in [-0.4, -0.2) is 29.3 Å². The Morgan fingerprint density at radius 3 is 3.00 bits per heavy atom. The molecule has 5 nitrogen and oxygen atoms in total. The first-order valence-electron chi connectivity index (χ1n) is 4.15. The van der Waals surface area contributed by atoms with Crippen LogP contribution in [0.15, 0.2) is 5.38 Å². The Kier molecular flexibility index (Phi) is 4.51. The van der Waals surface area contributed by atoms with E-state index in [1.807, 2.05) is 0 Å². The topological polar surface area (TPSA) is 68.3 Å². The van der Waals surface area contributed by atoms with E-state index in [1.165, 1.54) is 5.38 Å². The number of halogens is 1. The van der Waals surface area contributed by atoms with E-state index in [9.17, 15) is 9.59 Å². The minimum absolute atomic E-state index is 0.145. The molecular weight excluding hydrogens is 240 g/mol. The Labute approximate surface area is 95.4 Å². The highest BCUT2D eigenvalue weighted by atomic mass is 35.5. The number of anilines is 1. The molecule has 0 aromatic carbocycles. The number of nitrogens with zero attached hydrogens (tertiary/aromatic N) is 1. The molecular formula is C8H9ClN2O3S. The molecule has 0 spiro atoms. The highest BCUT2D eigenvalue weighted by Crippen LogP contribution is 2.15. The molecule has 0 fully saturated rings. The van der Waals surface area contributed by atoms with Gasteiger partial charge in [-0.3, -0.25) is 4.79 Å². The average Bonchev–Trinajstić information content (AvgIpc) is 2.66. The van der Waals surface area contributed by atoms with Crippen LogP contribution in [0.5, 0.6) is 0 Å². The summed E-state index contributed by atoms with van der Waals surface area (Å²) in [5, 5.41) is 4.29. The van der Waals surface area contributed by atoms with Gasteiger partial charge in [0.05, 0.1) is 6.61 Å². The second-order valence-electron chi connectivity index (χ2n) is 2.44. The number of esters is 1. The number of carbonyl (C=O) groups excluding carboxylic acids is 2. The van der Waals surface area contributed by atoms with Crippen LogP contribution >= 0.6 is 22.9 Å². The van der Waals surface area contributed by atoms with Crippen molar-refractivity contribution in [1.82, 2.24) is 4.98 Å². The molecule has 82 valence electrons. The molecule has 1 aromatic rings. The van der Waals surface area contributed by atoms with Crippen molar-refractivity contribution in [3.05, 3.63) is 11.1 Å². The van der Waals surface area contributed by atoms with E-state index in [2.05, 4.69) is 10.3 Å². The molecule has 1 aromatic heterocycles. The number of amides is 1. The van der Waals surface area contributed by atoms with E-state index in [4.69, 9.17) is 16.3 Å². The molecule has 0 aliphatic carbocycles. The van der Waals surface area contributed by atoms with E-state index in [1.54, 1.807) is 6.92 Å². The Morgan fingerprint density at radius 1 is 1.67 bits per heavy atom. The van der Waals surface area contributed by atoms with Crippen molar-refractivity contribution in [3.63, 3.8) is 0 Å². The zero-order valence-electron chi connectivity index (χ0n) is 7.95. The molecule has 15 heavy (non-hydrogen) atoms. The summed E-state index contributed by atoms with van der Waals surface area (Å²) < 4.78 is 4.74. The molecule has 0 radical (unpaired) electrons. The lowest BCUT2D eigenvalue weighted by Gasteiger charge is -1.97. The molecule has 0 atom stereocenters. The number of alkyl halides is 1. The van der Waals surface area contributed by atoms with Gasteiger partial charge in [0, 0.05) is 5.38 Å². The Bertz CT molecular complexity index is 367. The van der Waals surface area contributed by atoms with Gasteiger partial charge in [-0.2, -0.15) is 0 Å². The molecule has 1 N–H and O–H groups in total. The second kappa shape index (κ2) is 5.67. The first-order chi connectivity index (χ1) is 7.17. The molecule has 0 saturated carbocycles. The predicted molar refractivity (Wildman–Crippen MR) is 57.4 cm³/mol. The molecule has 0 bridgehead atoms. The maximum atomic E-state index is 11.2. The fourth-order valence-corrected chi connectivity index (χ4v) is 1.55. The molecule has 0 aliphatic rings. The monoisotopic (exact) mass is 248 g/mol. The summed E-state index contributed by atoms with van der Waals surface area (Å²) in [6.07, 6.45) is 0. The Hall–Kier alpha value is -1.14. The Balaban J connectivity index is 2.63. The fourth-order valence-electron chi connectivity index (χ4n) is 0.783. The molecule has 0 saturated heterocycles. The standard InChI is InChI=1S/C8H9ClN2O3S/c1-2-14-7(13)5-4-15-8(10-5)11-6(12)3-9/h4H,2-3H2,1H3,(H,10,11,12). The van der Waals surface area contributed by atoms with Crippen molar-refractivity contribution in [2.45, 2.75) is 6.92 Å². The number of hydrogen-bond acceptors (Lipinski definition) is 5. The number of carbonyl (C=O) groups is 2. The number of rotatable bonds is 4. The highest BCUT2D eigenvalue weighted by molar-refractivity contribution is 7.14. The number of nitrogens with one attached hydrogen (secondary N) is 1. The lowest BCUT2D eigenvalue weighted by molar-refractivity contribution is -0.113. The van der Waals surface area contributed by atoms with Gasteiger partial charge in [0.15, 0.2) is 10.8 Å². The summed E-state index contributed by atoms with van der Waals surface area (Å²) in [5.74, 6) is -1.00. The highest BCUT2D eigenvalue weighted by Gasteiger charge is 2.12. The lowest BCUT2D eigenvalue weighted by Crippen LogP contribution is -2.12. The van der Waals surface area contributed by atoms with Crippen LogP contribution in [0, 0.1) is 0 Å². The van der Waals surface area contributed by atoms with Gasteiger partial charge in [-0.15, -0.1) is 22.9 Å². The van der Waals surface area contributed by atoms with Gasteiger partial charge in [0.25, 0.3) is 0 Å². The fraction of sp³-hybridized carbons (Fsp3) is 0.375. The minimum atomic E-state index is -0.500. The zero-order valence-corrected chi connectivity index (χ0v) is 9.52. The minimum Gasteiger partial charge on any atom is -0.461 e. The van der Waals surface area contributed by atoms with Crippen molar-refractivity contribution in [2.75, 3.05) is 17.8 Å². The zero-order chi connectivity index (χ0) is 11.3. The summed E-state index contributed by atoms with van der Waals surface area (Å²) in [6, 6.07) is 0. The number of aromatic nitrogens is 1. The number of thiazole rings is 1. The second-order valence-corrected chi connectivity index (χ2v) is 3.57. The number of hydrogen-bond donors (Lipinski definition) is 1. The predicted octanol–water partition coefficient (Wildman–Crippen LogP) is 1.50. The van der Waals surface area contributed by atoms with Crippen molar-refractivity contribution < 1.29 is 14.3 Å². The molecule has 7 heteroatoms. The molecule has 1 amide bonds. The normalized spacial score (nSPS) is 9.73. The summed E-state index contributed by atoms with van der Waals surface area (Å²) in [5.41, 5.74) is 0.187. The van der Waals surface area contributed by atoms with Crippen LogP contribution in [0.4, 0.5) is 5.13 Å². The van der Waals surface area contributed by atoms with Crippen molar-refractivity contribution >= 4 is 39.9 Å². The van der Waals surface area contributed by atoms with Crippen LogP contribution in [0.1, 0.15) is 17.4 Å². The van der Waals surface area contributed by atoms with Gasteiger partial charge in [0.1, 0.15) is 5.88 Å². The van der Waals surface area contributed by atoms with Crippen LogP contribution in [0.3, 0.4) is 0 Å². The quantitative estimate of drug-likeness (QED) is 0.648. The van der Waals surface area contributed by atoms with Crippen LogP contribution < -0.4 is 5.32 Å². The Morgan fingerprint density at radius 2 is 2.40 bits per heavy atom. The van der Waals surface area contributed by atoms with E-state index in [0.29, 0.717) is 11.7 Å². The third-order valence-corrected chi connectivity index (χ3v) is 2.36. The van der Waals surface area contributed by atoms with E-state index in [-0.39, 0.29) is 17.5 Å². The first-order valence-corrected chi connectivity index (χ1v) is 5.57. The van der Waals surface area contributed by atoms with Crippen LogP contribution in [0.2, 0.25) is 0 Å². The third-order valence-electron chi connectivity index (χ3n) is 1.36. The summed E-state index contributed by atoms with van der Waals surface area (Å²) >= 11 is 6.44. The summed E-state index contributed by atoms with van der Waals surface area (Å²) in [7, 11) is 0. The van der Waals surface area contributed by atoms with Crippen LogP contribution in [-0.2, 0) is 9.53 Å². The van der Waals surface area contributed by atoms with Crippen molar-refractivity contribution in [3.8, 4) is 0 Å². The third kappa shape index (κ3) is 3.49. The van der Waals surface area contributed by atoms with Gasteiger partial charge in [-0.1, -0.05) is 0 Å². The largest absolute Gasteiger partial charge is 0.461 e. The number of ether oxygens (including phenoxy) is 1. The van der Waals surface area contributed by atoms with Gasteiger partial charge < -0.3 is 10.1 Å². The smallest absolute Gasteiger partial charge is 0.357 e. The average molecular weight is 249 g/mol. The maximum Gasteiger partial charge on any atom is 0.357 e. The van der Waals surface area contributed by atoms with Crippen molar-refractivity contribution in [1.29, 1.82) is 0 Å². The van der Waals surface area contributed by atoms with Gasteiger partial charge in [0.2, 0.25) is 5.91 Å². The maximum absolute atomic E-state index is 11.2. The van der Waals surface area contributed by atoms with E-state index < -0.39 is 5.97 Å². The summed E-state index contributed by atoms with van der Waals surface area (Å²) in [4.78, 5) is 26.0. The SMILES string of the molecule is CCOC(=O)c1csc(NC(=O)CCl)n1. The molecule has 1 heterocycles.